The van der Waals surface area contributed by atoms with E-state index in [1.54, 1.807) is 12.1 Å². The van der Waals surface area contributed by atoms with Crippen LogP contribution < -0.4 is 0 Å². The molecule has 0 radical (unpaired) electrons. The van der Waals surface area contributed by atoms with Crippen LogP contribution in [0, 0.1) is 22.7 Å². The van der Waals surface area contributed by atoms with Gasteiger partial charge in [0, 0.05) is 0 Å². The summed E-state index contributed by atoms with van der Waals surface area (Å²) in [5.74, 6) is 0.183. The summed E-state index contributed by atoms with van der Waals surface area (Å²) in [5.41, 5.74) is 0. The molecular weight excluding hydrogens is 176 g/mol. The number of allylic oxidation sites excluding steroid dienone is 2. The second kappa shape index (κ2) is 9.55. The highest BCUT2D eigenvalue weighted by Crippen LogP contribution is 1.88. The fraction of sp³-hybridized carbons (Fsp3) is 0.250. The van der Waals surface area contributed by atoms with Crippen molar-refractivity contribution in [1.82, 2.24) is 0 Å². The summed E-state index contributed by atoms with van der Waals surface area (Å²) in [5, 5.41) is 15.7. The molecule has 0 aromatic carbocycles. The Balaban J connectivity index is 0. The van der Waals surface area contributed by atoms with E-state index in [2.05, 4.69) is 17.9 Å². The quantitative estimate of drug-likeness (QED) is 0.489. The van der Waals surface area contributed by atoms with E-state index in [0.717, 1.165) is 0 Å². The van der Waals surface area contributed by atoms with Gasteiger partial charge in [-0.15, -0.1) is 0 Å². The van der Waals surface area contributed by atoms with Crippen LogP contribution in [0.5, 0.6) is 0 Å². The van der Waals surface area contributed by atoms with Crippen molar-refractivity contribution in [1.29, 1.82) is 10.5 Å². The lowest BCUT2D eigenvalue weighted by atomic mass is 10.6. The van der Waals surface area contributed by atoms with Gasteiger partial charge in [-0.1, -0.05) is 18.2 Å². The van der Waals surface area contributed by atoms with Crippen molar-refractivity contribution >= 4 is 11.6 Å². The Kier molecular flexibility index (Phi) is 10.5. The molecule has 0 heterocycles. The molecule has 0 spiro atoms. The largest absolute Gasteiger partial charge is 0.484 e. The smallest absolute Gasteiger partial charge is 0.189 e. The first-order valence-corrected chi connectivity index (χ1v) is 3.42. The number of nitrogens with zero attached hydrogens (tertiary/aromatic N) is 2. The molecular formula is C8H9ClN2O. The van der Waals surface area contributed by atoms with Crippen LogP contribution >= 0.6 is 11.6 Å². The summed E-state index contributed by atoms with van der Waals surface area (Å²) in [7, 11) is 0. The molecule has 0 aromatic heterocycles. The van der Waals surface area contributed by atoms with E-state index >= 15 is 0 Å². The minimum Gasteiger partial charge on any atom is -0.484 e. The molecule has 0 aliphatic heterocycles. The van der Waals surface area contributed by atoms with Crippen molar-refractivity contribution < 1.29 is 4.74 Å². The number of rotatable bonds is 2. The molecule has 0 fully saturated rings. The fourth-order valence-electron chi connectivity index (χ4n) is 0.207. The van der Waals surface area contributed by atoms with Gasteiger partial charge in [0.2, 0.25) is 0 Å². The van der Waals surface area contributed by atoms with Gasteiger partial charge in [0.05, 0.1) is 6.61 Å². The van der Waals surface area contributed by atoms with E-state index in [4.69, 9.17) is 22.1 Å². The van der Waals surface area contributed by atoms with Gasteiger partial charge in [-0.3, -0.25) is 0 Å². The molecule has 0 saturated heterocycles. The predicted octanol–water partition coefficient (Wildman–Crippen LogP) is 2.32. The SMILES string of the molecule is C=C(C#N)OCC.C=C(Cl)C#N. The zero-order valence-electron chi connectivity index (χ0n) is 6.80. The van der Waals surface area contributed by atoms with Crippen molar-refractivity contribution in [3.05, 3.63) is 23.9 Å². The zero-order chi connectivity index (χ0) is 9.98. The van der Waals surface area contributed by atoms with Crippen LogP contribution in [0.25, 0.3) is 0 Å². The van der Waals surface area contributed by atoms with Gasteiger partial charge >= 0.3 is 0 Å². The van der Waals surface area contributed by atoms with Crippen LogP contribution in [0.1, 0.15) is 6.92 Å². The molecule has 0 rings (SSSR count). The highest BCUT2D eigenvalue weighted by Gasteiger charge is 1.81. The van der Waals surface area contributed by atoms with Crippen LogP contribution in [0.15, 0.2) is 23.9 Å². The molecule has 12 heavy (non-hydrogen) atoms. The third-order valence-corrected chi connectivity index (χ3v) is 0.649. The minimum atomic E-state index is 0.0324. The van der Waals surface area contributed by atoms with E-state index in [0.29, 0.717) is 6.61 Å². The van der Waals surface area contributed by atoms with Crippen molar-refractivity contribution in [3.8, 4) is 12.1 Å². The highest BCUT2D eigenvalue weighted by molar-refractivity contribution is 6.31. The summed E-state index contributed by atoms with van der Waals surface area (Å²) in [6, 6.07) is 3.35. The Morgan fingerprint density at radius 3 is 1.92 bits per heavy atom. The monoisotopic (exact) mass is 184 g/mol. The average molecular weight is 185 g/mol. The second-order valence-electron chi connectivity index (χ2n) is 1.48. The Hall–Kier alpha value is -1.45. The fourth-order valence-corrected chi connectivity index (χ4v) is 0.207. The van der Waals surface area contributed by atoms with E-state index in [1.807, 2.05) is 6.92 Å². The van der Waals surface area contributed by atoms with Gasteiger partial charge in [0.25, 0.3) is 0 Å². The lowest BCUT2D eigenvalue weighted by Gasteiger charge is -1.92. The molecule has 4 heteroatoms. The molecule has 64 valence electrons. The Labute approximate surface area is 77.1 Å². The van der Waals surface area contributed by atoms with Crippen molar-refractivity contribution in [3.63, 3.8) is 0 Å². The summed E-state index contributed by atoms with van der Waals surface area (Å²) in [6.45, 7) is 8.69. The molecule has 0 bridgehead atoms. The highest BCUT2D eigenvalue weighted by atomic mass is 35.5. The van der Waals surface area contributed by atoms with Crippen molar-refractivity contribution in [2.24, 2.45) is 0 Å². The van der Waals surface area contributed by atoms with Crippen molar-refractivity contribution in [2.75, 3.05) is 6.61 Å². The van der Waals surface area contributed by atoms with Crippen LogP contribution in [0.3, 0.4) is 0 Å². The summed E-state index contributed by atoms with van der Waals surface area (Å²) >= 11 is 4.91. The van der Waals surface area contributed by atoms with Crippen LogP contribution in [-0.2, 0) is 4.74 Å². The summed E-state index contributed by atoms with van der Waals surface area (Å²) in [4.78, 5) is 0. The number of hydrogen-bond acceptors (Lipinski definition) is 3. The van der Waals surface area contributed by atoms with Gasteiger partial charge in [-0.2, -0.15) is 10.5 Å². The van der Waals surface area contributed by atoms with E-state index in [1.165, 1.54) is 0 Å². The molecule has 0 amide bonds. The molecule has 0 aromatic rings. The Bertz CT molecular complexity index is 234. The van der Waals surface area contributed by atoms with Gasteiger partial charge in [-0.05, 0) is 13.5 Å². The molecule has 0 aliphatic carbocycles. The maximum atomic E-state index is 7.99. The lowest BCUT2D eigenvalue weighted by molar-refractivity contribution is 0.247. The van der Waals surface area contributed by atoms with E-state index < -0.39 is 0 Å². The second-order valence-corrected chi connectivity index (χ2v) is 1.94. The molecule has 0 atom stereocenters. The van der Waals surface area contributed by atoms with Crippen LogP contribution in [0.4, 0.5) is 0 Å². The summed E-state index contributed by atoms with van der Waals surface area (Å²) in [6.07, 6.45) is 0. The van der Waals surface area contributed by atoms with Crippen LogP contribution in [-0.4, -0.2) is 6.61 Å². The third-order valence-electron chi connectivity index (χ3n) is 0.565. The molecule has 0 N–H and O–H groups in total. The van der Waals surface area contributed by atoms with E-state index in [-0.39, 0.29) is 10.8 Å². The van der Waals surface area contributed by atoms with Gasteiger partial charge in [0.1, 0.15) is 17.2 Å². The number of nitriles is 2. The lowest BCUT2D eigenvalue weighted by Crippen LogP contribution is -1.83. The van der Waals surface area contributed by atoms with Gasteiger partial charge < -0.3 is 4.74 Å². The molecule has 3 nitrogen and oxygen atoms in total. The normalized spacial score (nSPS) is 6.33. The zero-order valence-corrected chi connectivity index (χ0v) is 7.56. The molecule has 0 aliphatic rings. The molecule has 0 unspecified atom stereocenters. The van der Waals surface area contributed by atoms with Crippen LogP contribution in [0.2, 0.25) is 0 Å². The number of hydrogen-bond donors (Lipinski definition) is 0. The Morgan fingerprint density at radius 2 is 1.83 bits per heavy atom. The van der Waals surface area contributed by atoms with Crippen molar-refractivity contribution in [2.45, 2.75) is 6.92 Å². The van der Waals surface area contributed by atoms with Gasteiger partial charge in [-0.25, -0.2) is 0 Å². The van der Waals surface area contributed by atoms with Gasteiger partial charge in [0.15, 0.2) is 5.76 Å². The molecule has 0 saturated carbocycles. The van der Waals surface area contributed by atoms with E-state index in [9.17, 15) is 0 Å². The first kappa shape index (κ1) is 13.2. The maximum absolute atomic E-state index is 7.99. The topological polar surface area (TPSA) is 56.8 Å². The first-order chi connectivity index (χ1) is 5.58. The standard InChI is InChI=1S/C5H7NO.C3H2ClN/c1-3-7-5(2)4-6;1-3(4)2-5/h2-3H2,1H3;1H2. The summed E-state index contributed by atoms with van der Waals surface area (Å²) < 4.78 is 4.64. The maximum Gasteiger partial charge on any atom is 0.189 e. The number of halogens is 1. The Morgan fingerprint density at radius 1 is 1.42 bits per heavy atom. The first-order valence-electron chi connectivity index (χ1n) is 3.04. The minimum absolute atomic E-state index is 0.0324. The third kappa shape index (κ3) is 15.8. The number of ether oxygens (including phenoxy) is 1. The average Bonchev–Trinajstić information content (AvgIpc) is 2.06. The predicted molar refractivity (Wildman–Crippen MR) is 47.0 cm³/mol.